The number of hydrogen-bond acceptors (Lipinski definition) is 12. The van der Waals surface area contributed by atoms with Crippen molar-refractivity contribution in [3.63, 3.8) is 0 Å². The lowest BCUT2D eigenvalue weighted by Crippen LogP contribution is -2.46. The van der Waals surface area contributed by atoms with Gasteiger partial charge in [0.2, 0.25) is 11.8 Å². The minimum atomic E-state index is -3.65. The van der Waals surface area contributed by atoms with Crippen LogP contribution in [0.2, 0.25) is 0 Å². The molecule has 350 valence electrons. The highest BCUT2D eigenvalue weighted by Crippen LogP contribution is 2.41. The first kappa shape index (κ1) is 53.0. The molecule has 4 bridgehead atoms. The van der Waals surface area contributed by atoms with Crippen molar-refractivity contribution >= 4 is 33.2 Å². The summed E-state index contributed by atoms with van der Waals surface area (Å²) in [4.78, 5) is 57.8. The first-order chi connectivity index (χ1) is 30.3. The first-order valence-electron chi connectivity index (χ1n) is 23.1. The second-order valence-corrected chi connectivity index (χ2v) is 19.2. The Labute approximate surface area is 376 Å². The van der Waals surface area contributed by atoms with Crippen LogP contribution in [0.1, 0.15) is 134 Å². The van der Waals surface area contributed by atoms with Crippen LogP contribution in [-0.2, 0) is 35.4 Å². The van der Waals surface area contributed by atoms with Crippen LogP contribution in [0.15, 0.2) is 36.4 Å². The minimum absolute atomic E-state index is 0.0278. The molecular weight excluding hydrogens is 821 g/mol. The van der Waals surface area contributed by atoms with Gasteiger partial charge in [-0.25, -0.2) is 8.42 Å². The molecule has 14 nitrogen and oxygen atoms in total. The van der Waals surface area contributed by atoms with Gasteiger partial charge in [-0.1, -0.05) is 90.2 Å². The zero-order chi connectivity index (χ0) is 46.2. The van der Waals surface area contributed by atoms with Crippen LogP contribution in [0.5, 0.6) is 11.5 Å². The highest BCUT2D eigenvalue weighted by atomic mass is 32.2. The van der Waals surface area contributed by atoms with E-state index in [0.29, 0.717) is 46.6 Å². The van der Waals surface area contributed by atoms with E-state index in [1.165, 1.54) is 50.5 Å². The maximum absolute atomic E-state index is 14.6. The van der Waals surface area contributed by atoms with Crippen molar-refractivity contribution in [2.24, 2.45) is 29.0 Å². The van der Waals surface area contributed by atoms with Crippen molar-refractivity contribution in [1.82, 2.24) is 10.2 Å². The molecule has 15 heteroatoms. The van der Waals surface area contributed by atoms with E-state index in [1.54, 1.807) is 37.3 Å². The van der Waals surface area contributed by atoms with Gasteiger partial charge in [0.05, 0.1) is 29.5 Å². The molecule has 2 aromatic rings. The second-order valence-electron chi connectivity index (χ2n) is 17.0. The Morgan fingerprint density at radius 3 is 2.02 bits per heavy atom. The SMILES string of the molecule is CCCCCCCCCCCCCS(=O)(=O)C[C@@H](CCCN)C(=O)N(C)[C@@H]1C(=O)C[C@@H](C)C(=O)N[C@H](C(=O)CCC#N)Cc2ccc(OCCN)c(c2)-c2cc1ccc2OCCN. The number of hydrogen-bond donors (Lipinski definition) is 4. The Hall–Kier alpha value is -4.36. The smallest absolute Gasteiger partial charge is 0.227 e. The summed E-state index contributed by atoms with van der Waals surface area (Å²) in [6.45, 7) is 4.83. The zero-order valence-corrected chi connectivity index (χ0v) is 38.9. The number of rotatable bonds is 28. The average molecular weight is 895 g/mol. The van der Waals surface area contributed by atoms with E-state index < -0.39 is 51.4 Å². The molecule has 63 heavy (non-hydrogen) atoms. The molecule has 0 saturated heterocycles. The first-order valence-corrected chi connectivity index (χ1v) is 25.0. The molecule has 0 aromatic heterocycles. The number of unbranched alkanes of at least 4 members (excludes halogenated alkanes) is 10. The maximum atomic E-state index is 14.6. The van der Waals surface area contributed by atoms with Crippen molar-refractivity contribution in [1.29, 1.82) is 5.26 Å². The third-order valence-corrected chi connectivity index (χ3v) is 13.5. The third kappa shape index (κ3) is 17.6. The van der Waals surface area contributed by atoms with Gasteiger partial charge in [0.1, 0.15) is 30.8 Å². The molecule has 0 spiro atoms. The molecule has 3 rings (SSSR count). The van der Waals surface area contributed by atoms with Crippen LogP contribution < -0.4 is 32.0 Å². The molecule has 2 aromatic carbocycles. The van der Waals surface area contributed by atoms with Crippen LogP contribution in [-0.4, -0.2) is 94.1 Å². The zero-order valence-electron chi connectivity index (χ0n) is 38.0. The lowest BCUT2D eigenvalue weighted by molar-refractivity contribution is -0.142. The molecule has 1 aliphatic rings. The van der Waals surface area contributed by atoms with Gasteiger partial charge in [0, 0.05) is 56.4 Å². The van der Waals surface area contributed by atoms with Gasteiger partial charge in [-0.15, -0.1) is 0 Å². The molecule has 0 unspecified atom stereocenters. The van der Waals surface area contributed by atoms with Crippen LogP contribution >= 0.6 is 0 Å². The standard InChI is InChI=1S/C48H74N6O8S/c1-4-5-6-7-8-9-10-11-12-13-14-29-63(59,60)34-38(17-15-23-49)48(58)54(3)46-37-20-22-45(62-28-26-52)40(33-37)39-31-36(19-21-44(39)61-27-25-51)32-41(42(55)18-16-24-50)53-47(57)35(2)30-43(46)56/h19-22,31,33,35,38,41,46H,4-18,23,25-30,32,34,49,51-52H2,1-3H3,(H,53,57)/t35-,38-,41+,46+/m1/s1. The monoisotopic (exact) mass is 895 g/mol. The highest BCUT2D eigenvalue weighted by Gasteiger charge is 2.37. The van der Waals surface area contributed by atoms with Gasteiger partial charge < -0.3 is 36.9 Å². The van der Waals surface area contributed by atoms with E-state index in [4.69, 9.17) is 26.7 Å². The number of benzene rings is 2. The number of sulfone groups is 1. The van der Waals surface area contributed by atoms with E-state index in [9.17, 15) is 32.9 Å². The number of ketones is 2. The quantitative estimate of drug-likeness (QED) is 0.0708. The Morgan fingerprint density at radius 2 is 1.43 bits per heavy atom. The average Bonchev–Trinajstić information content (AvgIpc) is 3.26. The fourth-order valence-electron chi connectivity index (χ4n) is 8.15. The van der Waals surface area contributed by atoms with Crippen LogP contribution in [0.4, 0.5) is 0 Å². The number of nitrogens with two attached hydrogens (primary N) is 3. The largest absolute Gasteiger partial charge is 0.492 e. The van der Waals surface area contributed by atoms with Crippen molar-refractivity contribution in [2.45, 2.75) is 135 Å². The Balaban J connectivity index is 2.03. The number of likely N-dealkylation sites (N-methyl/N-ethyl adjacent to an activating group) is 1. The number of carbonyl (C=O) groups is 4. The number of Topliss-reactive ketones (excluding diaryl/α,β-unsaturated/α-hetero) is 2. The molecule has 0 fully saturated rings. The van der Waals surface area contributed by atoms with Gasteiger partial charge in [-0.3, -0.25) is 19.2 Å². The number of nitriles is 1. The second kappa shape index (κ2) is 28.4. The topological polar surface area (TPSA) is 238 Å². The fraction of sp³-hybridized carbons (Fsp3) is 0.646. The predicted molar refractivity (Wildman–Crippen MR) is 248 cm³/mol. The Bertz CT molecular complexity index is 1920. The van der Waals surface area contributed by atoms with E-state index in [0.717, 1.165) is 25.7 Å². The molecule has 1 aliphatic heterocycles. The third-order valence-electron chi connectivity index (χ3n) is 11.6. The van der Waals surface area contributed by atoms with Crippen molar-refractivity contribution in [3.8, 4) is 28.7 Å². The number of nitrogens with one attached hydrogen (secondary N) is 1. The molecule has 0 aliphatic carbocycles. The summed E-state index contributed by atoms with van der Waals surface area (Å²) in [5, 5.41) is 12.1. The summed E-state index contributed by atoms with van der Waals surface area (Å²) in [5.74, 6) is -3.27. The lowest BCUT2D eigenvalue weighted by atomic mass is 9.89. The van der Waals surface area contributed by atoms with E-state index in [2.05, 4.69) is 12.2 Å². The number of amides is 2. The number of ether oxygens (including phenoxy) is 2. The van der Waals surface area contributed by atoms with Gasteiger partial charge in [0.15, 0.2) is 21.4 Å². The fourth-order valence-corrected chi connectivity index (χ4v) is 9.88. The summed E-state index contributed by atoms with van der Waals surface area (Å²) in [6, 6.07) is 10.2. The van der Waals surface area contributed by atoms with E-state index in [-0.39, 0.29) is 82.2 Å². The molecule has 1 heterocycles. The van der Waals surface area contributed by atoms with Gasteiger partial charge in [-0.05, 0) is 67.6 Å². The van der Waals surface area contributed by atoms with Gasteiger partial charge >= 0.3 is 0 Å². The summed E-state index contributed by atoms with van der Waals surface area (Å²) < 4.78 is 39.5. The number of carbonyl (C=O) groups excluding carboxylic acids is 4. The molecule has 7 N–H and O–H groups in total. The van der Waals surface area contributed by atoms with Crippen LogP contribution in [0, 0.1) is 23.2 Å². The van der Waals surface area contributed by atoms with E-state index in [1.807, 2.05) is 12.1 Å². The minimum Gasteiger partial charge on any atom is -0.492 e. The summed E-state index contributed by atoms with van der Waals surface area (Å²) >= 11 is 0. The van der Waals surface area contributed by atoms with Crippen molar-refractivity contribution < 1.29 is 37.1 Å². The maximum Gasteiger partial charge on any atom is 0.227 e. The Kier molecular flexibility index (Phi) is 23.9. The molecular formula is C48H74N6O8S. The van der Waals surface area contributed by atoms with Crippen LogP contribution in [0.25, 0.3) is 11.1 Å². The summed E-state index contributed by atoms with van der Waals surface area (Å²) in [5.41, 5.74) is 19.7. The van der Waals surface area contributed by atoms with Crippen molar-refractivity contribution in [2.75, 3.05) is 51.4 Å². The Morgan fingerprint density at radius 1 is 0.841 bits per heavy atom. The van der Waals surface area contributed by atoms with Gasteiger partial charge in [0.25, 0.3) is 0 Å². The van der Waals surface area contributed by atoms with E-state index >= 15 is 0 Å². The molecule has 0 radical (unpaired) electrons. The highest BCUT2D eigenvalue weighted by molar-refractivity contribution is 7.91. The normalized spacial score (nSPS) is 17.3. The number of nitrogens with zero attached hydrogens (tertiary/aromatic N) is 2. The summed E-state index contributed by atoms with van der Waals surface area (Å²) in [7, 11) is -2.16. The van der Waals surface area contributed by atoms with Crippen LogP contribution in [0.3, 0.4) is 0 Å². The lowest BCUT2D eigenvalue weighted by Gasteiger charge is -2.32. The van der Waals surface area contributed by atoms with Crippen molar-refractivity contribution in [3.05, 3.63) is 47.5 Å². The number of fused-ring (bicyclic) bond motifs is 5. The predicted octanol–water partition coefficient (Wildman–Crippen LogP) is 6.12. The summed E-state index contributed by atoms with van der Waals surface area (Å²) in [6.07, 6.45) is 12.3. The molecule has 0 saturated carbocycles. The molecule has 2 amide bonds. The molecule has 4 atom stereocenters. The van der Waals surface area contributed by atoms with Gasteiger partial charge in [-0.2, -0.15) is 5.26 Å².